The standard InChI is InChI=1S/C20H19N7O3S/c1-21-19(28)14-5-3-4-6-16(14)24-17-15-11-22-27-18(15)26-20(25-17)23-12-7-9-13(10-8-12)31(2,29)30/h3-11H,1-2H3,(H,21,28)(H3,22,23,24,25,26,27). The van der Waals surface area contributed by atoms with E-state index in [1.54, 1.807) is 43.6 Å². The van der Waals surface area contributed by atoms with Crippen LogP contribution in [0.5, 0.6) is 0 Å². The van der Waals surface area contributed by atoms with E-state index in [-0.39, 0.29) is 16.8 Å². The molecule has 4 aromatic rings. The molecule has 0 saturated heterocycles. The first-order chi connectivity index (χ1) is 14.8. The number of amides is 1. The zero-order valence-electron chi connectivity index (χ0n) is 16.7. The van der Waals surface area contributed by atoms with Crippen molar-refractivity contribution in [2.75, 3.05) is 23.9 Å². The van der Waals surface area contributed by atoms with Gasteiger partial charge in [-0.1, -0.05) is 12.1 Å². The second kappa shape index (κ2) is 8.03. The van der Waals surface area contributed by atoms with Crippen LogP contribution in [0.15, 0.2) is 59.6 Å². The van der Waals surface area contributed by atoms with Gasteiger partial charge in [0.05, 0.1) is 27.7 Å². The molecule has 0 aliphatic rings. The molecule has 1 amide bonds. The minimum absolute atomic E-state index is 0.219. The molecule has 0 saturated carbocycles. The van der Waals surface area contributed by atoms with Gasteiger partial charge in [-0.15, -0.1) is 0 Å². The zero-order valence-corrected chi connectivity index (χ0v) is 17.5. The summed E-state index contributed by atoms with van der Waals surface area (Å²) in [5, 5.41) is 16.3. The smallest absolute Gasteiger partial charge is 0.253 e. The number of sulfone groups is 1. The molecule has 4 rings (SSSR count). The molecule has 0 spiro atoms. The molecule has 0 radical (unpaired) electrons. The number of rotatable bonds is 6. The maximum Gasteiger partial charge on any atom is 0.253 e. The Morgan fingerprint density at radius 1 is 1.00 bits per heavy atom. The molecule has 0 atom stereocenters. The molecule has 2 aromatic carbocycles. The summed E-state index contributed by atoms with van der Waals surface area (Å²) in [5.41, 5.74) is 2.14. The Morgan fingerprint density at radius 3 is 2.45 bits per heavy atom. The van der Waals surface area contributed by atoms with Gasteiger partial charge in [-0.05, 0) is 36.4 Å². The molecular formula is C20H19N7O3S. The van der Waals surface area contributed by atoms with E-state index in [2.05, 4.69) is 36.1 Å². The average Bonchev–Trinajstić information content (AvgIpc) is 3.22. The summed E-state index contributed by atoms with van der Waals surface area (Å²) in [4.78, 5) is 21.3. The quantitative estimate of drug-likeness (QED) is 0.361. The van der Waals surface area contributed by atoms with E-state index < -0.39 is 9.84 Å². The maximum absolute atomic E-state index is 12.2. The molecule has 10 nitrogen and oxygen atoms in total. The lowest BCUT2D eigenvalue weighted by Gasteiger charge is -2.12. The summed E-state index contributed by atoms with van der Waals surface area (Å²) in [6.07, 6.45) is 2.74. The van der Waals surface area contributed by atoms with Crippen molar-refractivity contribution in [3.8, 4) is 0 Å². The topological polar surface area (TPSA) is 142 Å². The van der Waals surface area contributed by atoms with Crippen molar-refractivity contribution < 1.29 is 13.2 Å². The van der Waals surface area contributed by atoms with E-state index >= 15 is 0 Å². The predicted octanol–water partition coefficient (Wildman–Crippen LogP) is 2.60. The van der Waals surface area contributed by atoms with E-state index in [9.17, 15) is 13.2 Å². The van der Waals surface area contributed by atoms with Crippen molar-refractivity contribution in [2.24, 2.45) is 0 Å². The van der Waals surface area contributed by atoms with Gasteiger partial charge in [-0.2, -0.15) is 15.1 Å². The number of aromatic amines is 1. The van der Waals surface area contributed by atoms with Gasteiger partial charge in [-0.3, -0.25) is 9.89 Å². The van der Waals surface area contributed by atoms with Crippen LogP contribution >= 0.6 is 0 Å². The number of nitrogens with zero attached hydrogens (tertiary/aromatic N) is 3. The van der Waals surface area contributed by atoms with Crippen LogP contribution in [0.3, 0.4) is 0 Å². The molecule has 0 aliphatic carbocycles. The minimum Gasteiger partial charge on any atom is -0.355 e. The Morgan fingerprint density at radius 2 is 1.74 bits per heavy atom. The number of carbonyl (C=O) groups is 1. The summed E-state index contributed by atoms with van der Waals surface area (Å²) in [7, 11) is -1.72. The van der Waals surface area contributed by atoms with Crippen LogP contribution < -0.4 is 16.0 Å². The lowest BCUT2D eigenvalue weighted by Crippen LogP contribution is -2.19. The number of nitrogens with one attached hydrogen (secondary N) is 4. The van der Waals surface area contributed by atoms with Gasteiger partial charge >= 0.3 is 0 Å². The molecule has 2 aromatic heterocycles. The number of hydrogen-bond donors (Lipinski definition) is 4. The lowest BCUT2D eigenvalue weighted by atomic mass is 10.1. The molecule has 11 heteroatoms. The number of benzene rings is 2. The van der Waals surface area contributed by atoms with Crippen LogP contribution in [0.25, 0.3) is 11.0 Å². The first kappa shape index (κ1) is 20.3. The molecule has 0 aliphatic heterocycles. The third-order valence-electron chi connectivity index (χ3n) is 4.50. The van der Waals surface area contributed by atoms with Gasteiger partial charge in [0.1, 0.15) is 5.82 Å². The summed E-state index contributed by atoms with van der Waals surface area (Å²) < 4.78 is 23.3. The third-order valence-corrected chi connectivity index (χ3v) is 5.63. The van der Waals surface area contributed by atoms with Crippen molar-refractivity contribution in [3.63, 3.8) is 0 Å². The Hall–Kier alpha value is -3.99. The zero-order chi connectivity index (χ0) is 22.0. The number of fused-ring (bicyclic) bond motifs is 1. The molecule has 0 fully saturated rings. The number of aromatic nitrogens is 4. The third kappa shape index (κ3) is 4.31. The Labute approximate surface area is 178 Å². The molecule has 0 unspecified atom stereocenters. The summed E-state index contributed by atoms with van der Waals surface area (Å²) in [6, 6.07) is 13.3. The highest BCUT2D eigenvalue weighted by Gasteiger charge is 2.14. The van der Waals surface area contributed by atoms with Crippen LogP contribution in [0.1, 0.15) is 10.4 Å². The fraction of sp³-hybridized carbons (Fsp3) is 0.100. The molecule has 31 heavy (non-hydrogen) atoms. The first-order valence-electron chi connectivity index (χ1n) is 9.21. The van der Waals surface area contributed by atoms with Crippen LogP contribution in [0.4, 0.5) is 23.1 Å². The number of anilines is 4. The summed E-state index contributed by atoms with van der Waals surface area (Å²) in [6.45, 7) is 0. The summed E-state index contributed by atoms with van der Waals surface area (Å²) >= 11 is 0. The predicted molar refractivity (Wildman–Crippen MR) is 118 cm³/mol. The highest BCUT2D eigenvalue weighted by atomic mass is 32.2. The number of H-pyrrole nitrogens is 1. The fourth-order valence-electron chi connectivity index (χ4n) is 2.95. The second-order valence-electron chi connectivity index (χ2n) is 6.70. The number of para-hydroxylation sites is 1. The largest absolute Gasteiger partial charge is 0.355 e. The molecule has 4 N–H and O–H groups in total. The maximum atomic E-state index is 12.2. The van der Waals surface area contributed by atoms with E-state index in [0.29, 0.717) is 33.8 Å². The first-order valence-corrected chi connectivity index (χ1v) is 11.1. The van der Waals surface area contributed by atoms with Gasteiger partial charge in [-0.25, -0.2) is 8.42 Å². The highest BCUT2D eigenvalue weighted by molar-refractivity contribution is 7.90. The molecule has 0 bridgehead atoms. The minimum atomic E-state index is -3.28. The van der Waals surface area contributed by atoms with Crippen molar-refractivity contribution in [1.82, 2.24) is 25.5 Å². The van der Waals surface area contributed by atoms with Crippen molar-refractivity contribution in [1.29, 1.82) is 0 Å². The van der Waals surface area contributed by atoms with Crippen LogP contribution in [-0.4, -0.2) is 47.8 Å². The molecule has 2 heterocycles. The lowest BCUT2D eigenvalue weighted by molar-refractivity contribution is 0.0964. The van der Waals surface area contributed by atoms with Gasteiger partial charge in [0, 0.05) is 19.0 Å². The number of hydrogen-bond acceptors (Lipinski definition) is 8. The highest BCUT2D eigenvalue weighted by Crippen LogP contribution is 2.27. The van der Waals surface area contributed by atoms with E-state index in [4.69, 9.17) is 0 Å². The summed E-state index contributed by atoms with van der Waals surface area (Å²) in [5.74, 6) is 0.485. The van der Waals surface area contributed by atoms with Gasteiger partial charge < -0.3 is 16.0 Å². The normalized spacial score (nSPS) is 11.3. The Balaban J connectivity index is 1.69. The van der Waals surface area contributed by atoms with Gasteiger partial charge in [0.2, 0.25) is 5.95 Å². The van der Waals surface area contributed by atoms with Gasteiger partial charge in [0.15, 0.2) is 15.5 Å². The molecule has 158 valence electrons. The molecular weight excluding hydrogens is 418 g/mol. The Kier molecular flexibility index (Phi) is 5.26. The van der Waals surface area contributed by atoms with E-state index in [1.165, 1.54) is 12.1 Å². The van der Waals surface area contributed by atoms with Crippen LogP contribution in [0.2, 0.25) is 0 Å². The average molecular weight is 437 g/mol. The van der Waals surface area contributed by atoms with Crippen molar-refractivity contribution >= 4 is 49.9 Å². The van der Waals surface area contributed by atoms with Crippen LogP contribution in [-0.2, 0) is 9.84 Å². The monoisotopic (exact) mass is 437 g/mol. The van der Waals surface area contributed by atoms with Crippen molar-refractivity contribution in [2.45, 2.75) is 4.90 Å². The van der Waals surface area contributed by atoms with E-state index in [1.807, 2.05) is 6.07 Å². The Bertz CT molecular complexity index is 1370. The second-order valence-corrected chi connectivity index (χ2v) is 8.72. The SMILES string of the molecule is CNC(=O)c1ccccc1Nc1nc(Nc2ccc(S(C)(=O)=O)cc2)nc2[nH]ncc12. The van der Waals surface area contributed by atoms with E-state index in [0.717, 1.165) is 6.26 Å². The fourth-order valence-corrected chi connectivity index (χ4v) is 3.58. The number of carbonyl (C=O) groups excluding carboxylic acids is 1. The van der Waals surface area contributed by atoms with Gasteiger partial charge in [0.25, 0.3) is 5.91 Å². The van der Waals surface area contributed by atoms with Crippen LogP contribution in [0, 0.1) is 0 Å². The van der Waals surface area contributed by atoms with Crippen molar-refractivity contribution in [3.05, 3.63) is 60.3 Å².